The Hall–Kier alpha value is -2.67. The number of β-amino-alcohol motifs (C(OH)–C–C–N with tert-alkyl or cyclic N) is 1. The number of aliphatic hydroxyl groups is 1. The third-order valence-electron chi connectivity index (χ3n) is 5.36. The molecule has 0 amide bonds. The highest BCUT2D eigenvalue weighted by Gasteiger charge is 2.16. The first-order valence-electron chi connectivity index (χ1n) is 9.78. The Morgan fingerprint density at radius 3 is 2.61 bits per heavy atom. The minimum Gasteiger partial charge on any atom is -0.398 e. The monoisotopic (exact) mass is 377 g/mol. The van der Waals surface area contributed by atoms with Gasteiger partial charge in [0.15, 0.2) is 0 Å². The number of fused-ring (bicyclic) bond motifs is 1. The van der Waals surface area contributed by atoms with Gasteiger partial charge >= 0.3 is 0 Å². The molecule has 1 aliphatic rings. The standard InChI is InChI=1S/C22H27N5O/c23-20-15-17(16-27-11-9-26(10-12-27)13-14-28)5-6-18(20)7-8-22-19-3-1-2-4-21(19)24-25-22/h1-8,15,28H,9-14,16,23H2,(H,24,25). The lowest BCUT2D eigenvalue weighted by molar-refractivity contribution is 0.108. The molecule has 28 heavy (non-hydrogen) atoms. The summed E-state index contributed by atoms with van der Waals surface area (Å²) >= 11 is 0. The highest BCUT2D eigenvalue weighted by atomic mass is 16.3. The number of aromatic nitrogens is 2. The lowest BCUT2D eigenvalue weighted by Gasteiger charge is -2.34. The molecule has 2 heterocycles. The Labute approximate surface area is 165 Å². The van der Waals surface area contributed by atoms with E-state index in [1.807, 2.05) is 30.4 Å². The van der Waals surface area contributed by atoms with Crippen LogP contribution in [0, 0.1) is 0 Å². The molecular formula is C22H27N5O. The first kappa shape index (κ1) is 18.7. The first-order chi connectivity index (χ1) is 13.7. The van der Waals surface area contributed by atoms with Crippen LogP contribution >= 0.6 is 0 Å². The van der Waals surface area contributed by atoms with Crippen LogP contribution in [-0.4, -0.2) is 64.4 Å². The lowest BCUT2D eigenvalue weighted by Crippen LogP contribution is -2.46. The molecule has 1 saturated heterocycles. The summed E-state index contributed by atoms with van der Waals surface area (Å²) in [7, 11) is 0. The number of hydrogen-bond acceptors (Lipinski definition) is 5. The molecule has 0 spiro atoms. The number of nitrogens with zero attached hydrogens (tertiary/aromatic N) is 3. The number of nitrogens with one attached hydrogen (secondary N) is 1. The van der Waals surface area contributed by atoms with Crippen molar-refractivity contribution < 1.29 is 5.11 Å². The van der Waals surface area contributed by atoms with Crippen LogP contribution in [0.5, 0.6) is 0 Å². The fourth-order valence-electron chi connectivity index (χ4n) is 3.73. The summed E-state index contributed by atoms with van der Waals surface area (Å²) < 4.78 is 0. The second-order valence-corrected chi connectivity index (χ2v) is 7.29. The van der Waals surface area contributed by atoms with Crippen molar-refractivity contribution in [2.45, 2.75) is 6.54 Å². The van der Waals surface area contributed by atoms with Crippen molar-refractivity contribution in [3.8, 4) is 0 Å². The summed E-state index contributed by atoms with van der Waals surface area (Å²) in [6, 6.07) is 14.4. The van der Waals surface area contributed by atoms with Crippen molar-refractivity contribution in [1.82, 2.24) is 20.0 Å². The van der Waals surface area contributed by atoms with Crippen molar-refractivity contribution in [2.24, 2.45) is 0 Å². The van der Waals surface area contributed by atoms with E-state index >= 15 is 0 Å². The van der Waals surface area contributed by atoms with Gasteiger partial charge in [-0.05, 0) is 29.3 Å². The molecule has 0 aliphatic carbocycles. The van der Waals surface area contributed by atoms with Crippen LogP contribution in [-0.2, 0) is 6.54 Å². The van der Waals surface area contributed by atoms with Crippen molar-refractivity contribution in [3.63, 3.8) is 0 Å². The largest absolute Gasteiger partial charge is 0.398 e. The van der Waals surface area contributed by atoms with E-state index in [0.29, 0.717) is 0 Å². The highest BCUT2D eigenvalue weighted by molar-refractivity contribution is 5.90. The topological polar surface area (TPSA) is 81.4 Å². The predicted octanol–water partition coefficient (Wildman–Crippen LogP) is 2.43. The summed E-state index contributed by atoms with van der Waals surface area (Å²) in [5.74, 6) is 0. The van der Waals surface area contributed by atoms with Crippen molar-refractivity contribution in [3.05, 3.63) is 59.3 Å². The van der Waals surface area contributed by atoms with Gasteiger partial charge in [-0.15, -0.1) is 0 Å². The molecule has 0 radical (unpaired) electrons. The third kappa shape index (κ3) is 4.25. The van der Waals surface area contributed by atoms with Gasteiger partial charge in [0.05, 0.1) is 17.8 Å². The number of nitrogen functional groups attached to an aromatic ring is 1. The summed E-state index contributed by atoms with van der Waals surface area (Å²) in [4.78, 5) is 4.74. The lowest BCUT2D eigenvalue weighted by atomic mass is 10.1. The molecule has 1 fully saturated rings. The van der Waals surface area contributed by atoms with E-state index in [1.54, 1.807) is 0 Å². The molecule has 0 atom stereocenters. The van der Waals surface area contributed by atoms with Crippen molar-refractivity contribution in [1.29, 1.82) is 0 Å². The summed E-state index contributed by atoms with van der Waals surface area (Å²) in [5.41, 5.74) is 11.3. The zero-order valence-corrected chi connectivity index (χ0v) is 16.0. The SMILES string of the molecule is Nc1cc(CN2CCN(CCO)CC2)ccc1C=Cc1n[nH]c2ccccc12. The molecule has 146 valence electrons. The number of anilines is 1. The number of para-hydroxylation sites is 1. The molecule has 4 rings (SSSR count). The van der Waals surface area contributed by atoms with E-state index in [4.69, 9.17) is 10.8 Å². The summed E-state index contributed by atoms with van der Waals surface area (Å²) in [6.45, 7) is 5.97. The van der Waals surface area contributed by atoms with Gasteiger partial charge < -0.3 is 10.8 Å². The van der Waals surface area contributed by atoms with Crippen LogP contribution < -0.4 is 5.73 Å². The van der Waals surface area contributed by atoms with E-state index in [0.717, 1.165) is 67.1 Å². The van der Waals surface area contributed by atoms with Crippen LogP contribution in [0.2, 0.25) is 0 Å². The number of aliphatic hydroxyl groups excluding tert-OH is 1. The minimum absolute atomic E-state index is 0.236. The van der Waals surface area contributed by atoms with Crippen LogP contribution in [0.15, 0.2) is 42.5 Å². The van der Waals surface area contributed by atoms with Gasteiger partial charge in [-0.1, -0.05) is 36.4 Å². The molecular weight excluding hydrogens is 350 g/mol. The Bertz CT molecular complexity index is 956. The van der Waals surface area contributed by atoms with Gasteiger partial charge in [-0.2, -0.15) is 5.10 Å². The van der Waals surface area contributed by atoms with E-state index in [1.165, 1.54) is 5.56 Å². The fourth-order valence-corrected chi connectivity index (χ4v) is 3.73. The first-order valence-corrected chi connectivity index (χ1v) is 9.78. The number of piperazine rings is 1. The fraction of sp³-hybridized carbons (Fsp3) is 0.318. The smallest absolute Gasteiger partial charge is 0.0927 e. The number of hydrogen-bond donors (Lipinski definition) is 3. The Balaban J connectivity index is 1.41. The van der Waals surface area contributed by atoms with Gasteiger partial charge in [0.2, 0.25) is 0 Å². The van der Waals surface area contributed by atoms with E-state index < -0.39 is 0 Å². The van der Waals surface area contributed by atoms with Gasteiger partial charge in [-0.25, -0.2) is 0 Å². The number of aromatic amines is 1. The van der Waals surface area contributed by atoms with Gasteiger partial charge in [-0.3, -0.25) is 14.9 Å². The highest BCUT2D eigenvalue weighted by Crippen LogP contribution is 2.21. The van der Waals surface area contributed by atoms with Crippen LogP contribution in [0.25, 0.3) is 23.1 Å². The maximum atomic E-state index is 9.05. The molecule has 6 nitrogen and oxygen atoms in total. The van der Waals surface area contributed by atoms with Crippen LogP contribution in [0.4, 0.5) is 5.69 Å². The van der Waals surface area contributed by atoms with E-state index in [2.05, 4.69) is 44.3 Å². The molecule has 2 aromatic carbocycles. The molecule has 3 aromatic rings. The molecule has 0 saturated carbocycles. The van der Waals surface area contributed by atoms with Crippen LogP contribution in [0.3, 0.4) is 0 Å². The van der Waals surface area contributed by atoms with E-state index in [9.17, 15) is 0 Å². The molecule has 4 N–H and O–H groups in total. The van der Waals surface area contributed by atoms with E-state index in [-0.39, 0.29) is 6.61 Å². The van der Waals surface area contributed by atoms with Crippen molar-refractivity contribution >= 4 is 28.7 Å². The predicted molar refractivity (Wildman–Crippen MR) is 115 cm³/mol. The van der Waals surface area contributed by atoms with Crippen LogP contribution in [0.1, 0.15) is 16.8 Å². The van der Waals surface area contributed by atoms with Gasteiger partial charge in [0.1, 0.15) is 0 Å². The Kier molecular flexibility index (Phi) is 5.71. The average molecular weight is 377 g/mol. The van der Waals surface area contributed by atoms with Gasteiger partial charge in [0.25, 0.3) is 0 Å². The molecule has 6 heteroatoms. The normalized spacial score (nSPS) is 16.3. The molecule has 1 aliphatic heterocycles. The number of H-pyrrole nitrogens is 1. The maximum Gasteiger partial charge on any atom is 0.0927 e. The second kappa shape index (κ2) is 8.56. The van der Waals surface area contributed by atoms with Crippen molar-refractivity contribution in [2.75, 3.05) is 45.1 Å². The zero-order chi connectivity index (χ0) is 19.3. The Morgan fingerprint density at radius 1 is 1.04 bits per heavy atom. The number of nitrogens with two attached hydrogens (primary N) is 1. The molecule has 1 aromatic heterocycles. The summed E-state index contributed by atoms with van der Waals surface area (Å²) in [5, 5.41) is 17.6. The number of rotatable bonds is 6. The zero-order valence-electron chi connectivity index (χ0n) is 16.0. The third-order valence-corrected chi connectivity index (χ3v) is 5.36. The average Bonchev–Trinajstić information content (AvgIpc) is 3.12. The number of benzene rings is 2. The summed E-state index contributed by atoms with van der Waals surface area (Å²) in [6.07, 6.45) is 4.03. The minimum atomic E-state index is 0.236. The quantitative estimate of drug-likeness (QED) is 0.575. The molecule has 0 unspecified atom stereocenters. The second-order valence-electron chi connectivity index (χ2n) is 7.29. The van der Waals surface area contributed by atoms with Gasteiger partial charge in [0, 0.05) is 50.3 Å². The molecule has 0 bridgehead atoms. The maximum absolute atomic E-state index is 9.05. The Morgan fingerprint density at radius 2 is 1.82 bits per heavy atom.